The molecule has 0 rings (SSSR count). The quantitative estimate of drug-likeness (QED) is 0.277. The van der Waals surface area contributed by atoms with Crippen LogP contribution in [0.3, 0.4) is 0 Å². The number of carbonyl (C=O) groups excluding carboxylic acids is 1. The van der Waals surface area contributed by atoms with Gasteiger partial charge in [0, 0.05) is 13.0 Å². The van der Waals surface area contributed by atoms with Crippen molar-refractivity contribution >= 4 is 5.97 Å². The molecule has 0 aliphatic carbocycles. The van der Waals surface area contributed by atoms with Crippen molar-refractivity contribution in [2.75, 3.05) is 26.3 Å². The Balaban J connectivity index is 3.21. The summed E-state index contributed by atoms with van der Waals surface area (Å²) in [5.74, 6) is -0.0836. The first-order chi connectivity index (χ1) is 10.3. The molecule has 4 nitrogen and oxygen atoms in total. The van der Waals surface area contributed by atoms with Crippen LogP contribution in [-0.2, 0) is 9.53 Å². The largest absolute Gasteiger partial charge is 0.461 e. The van der Waals surface area contributed by atoms with Crippen molar-refractivity contribution in [3.63, 3.8) is 0 Å². The van der Waals surface area contributed by atoms with Gasteiger partial charge in [-0.15, -0.1) is 0 Å². The fraction of sp³-hybridized carbons (Fsp3) is 0.824. The molecule has 4 heteroatoms. The summed E-state index contributed by atoms with van der Waals surface area (Å²) < 4.78 is 5.13. The van der Waals surface area contributed by atoms with E-state index >= 15 is 0 Å². The lowest BCUT2D eigenvalue weighted by Gasteiger charge is -2.03. The molecule has 2 N–H and O–H groups in total. The van der Waals surface area contributed by atoms with Gasteiger partial charge in [0.05, 0.1) is 6.61 Å². The molecular formula is C17H33NO3. The number of allylic oxidation sites excluding steroid dienone is 1. The maximum atomic E-state index is 11.4. The Kier molecular flexibility index (Phi) is 16.5. The van der Waals surface area contributed by atoms with E-state index in [0.717, 1.165) is 38.6 Å². The number of aliphatic hydroxyl groups excluding tert-OH is 1. The molecule has 0 atom stereocenters. The highest BCUT2D eigenvalue weighted by Gasteiger charge is 2.00. The molecule has 0 saturated heterocycles. The second-order valence-electron chi connectivity index (χ2n) is 5.29. The van der Waals surface area contributed by atoms with E-state index in [0.29, 0.717) is 19.6 Å². The summed E-state index contributed by atoms with van der Waals surface area (Å²) in [5.41, 5.74) is 0. The highest BCUT2D eigenvalue weighted by atomic mass is 16.5. The minimum Gasteiger partial charge on any atom is -0.461 e. The molecule has 0 unspecified atom stereocenters. The third-order valence-electron chi connectivity index (χ3n) is 3.25. The van der Waals surface area contributed by atoms with Gasteiger partial charge in [-0.05, 0) is 25.8 Å². The van der Waals surface area contributed by atoms with E-state index < -0.39 is 0 Å². The van der Waals surface area contributed by atoms with E-state index in [1.807, 2.05) is 6.08 Å². The number of aliphatic hydroxyl groups is 1. The van der Waals surface area contributed by atoms with E-state index in [2.05, 4.69) is 18.3 Å². The highest BCUT2D eigenvalue weighted by Crippen LogP contribution is 2.06. The van der Waals surface area contributed by atoms with Crippen molar-refractivity contribution in [3.8, 4) is 0 Å². The molecule has 0 heterocycles. The van der Waals surface area contributed by atoms with Gasteiger partial charge in [-0.1, -0.05) is 51.2 Å². The summed E-state index contributed by atoms with van der Waals surface area (Å²) in [6.45, 7) is 4.43. The van der Waals surface area contributed by atoms with Crippen molar-refractivity contribution in [1.29, 1.82) is 0 Å². The Morgan fingerprint density at radius 3 is 2.57 bits per heavy atom. The molecule has 0 spiro atoms. The molecule has 0 radical (unpaired) electrons. The van der Waals surface area contributed by atoms with Crippen molar-refractivity contribution in [2.24, 2.45) is 0 Å². The van der Waals surface area contributed by atoms with Gasteiger partial charge in [0.25, 0.3) is 0 Å². The van der Waals surface area contributed by atoms with Crippen LogP contribution < -0.4 is 5.32 Å². The van der Waals surface area contributed by atoms with Gasteiger partial charge < -0.3 is 15.2 Å². The van der Waals surface area contributed by atoms with E-state index in [4.69, 9.17) is 9.84 Å². The maximum Gasteiger partial charge on any atom is 0.306 e. The molecule has 124 valence electrons. The minimum absolute atomic E-state index is 0.0836. The zero-order chi connectivity index (χ0) is 15.6. The Bertz CT molecular complexity index is 254. The van der Waals surface area contributed by atoms with Gasteiger partial charge in [0.1, 0.15) is 6.61 Å². The number of hydrogen-bond acceptors (Lipinski definition) is 4. The monoisotopic (exact) mass is 299 g/mol. The SMILES string of the molecule is CCCC/C=C/COC(=O)CCCCCCCNCCO. The predicted octanol–water partition coefficient (Wildman–Crippen LogP) is 3.20. The molecule has 0 aromatic carbocycles. The predicted molar refractivity (Wildman–Crippen MR) is 87.3 cm³/mol. The van der Waals surface area contributed by atoms with E-state index in [1.165, 1.54) is 19.3 Å². The molecule has 0 saturated carbocycles. The Labute approximate surface area is 130 Å². The van der Waals surface area contributed by atoms with Gasteiger partial charge in [-0.2, -0.15) is 0 Å². The standard InChI is InChI=1S/C17H33NO3/c1-2-3-4-8-11-16-21-17(20)12-9-6-5-7-10-13-18-14-15-19/h8,11,18-19H,2-7,9-10,12-16H2,1H3/b11-8+. The van der Waals surface area contributed by atoms with Crippen LogP contribution in [0, 0.1) is 0 Å². The topological polar surface area (TPSA) is 58.6 Å². The van der Waals surface area contributed by atoms with Gasteiger partial charge in [0.2, 0.25) is 0 Å². The van der Waals surface area contributed by atoms with Crippen LogP contribution in [0.4, 0.5) is 0 Å². The summed E-state index contributed by atoms with van der Waals surface area (Å²) in [7, 11) is 0. The fourth-order valence-corrected chi connectivity index (χ4v) is 1.97. The lowest BCUT2D eigenvalue weighted by atomic mass is 10.1. The lowest BCUT2D eigenvalue weighted by molar-refractivity contribution is -0.142. The smallest absolute Gasteiger partial charge is 0.306 e. The zero-order valence-corrected chi connectivity index (χ0v) is 13.6. The minimum atomic E-state index is -0.0836. The van der Waals surface area contributed by atoms with Crippen molar-refractivity contribution in [2.45, 2.75) is 64.7 Å². The van der Waals surface area contributed by atoms with Crippen LogP contribution in [0.5, 0.6) is 0 Å². The number of ether oxygens (including phenoxy) is 1. The molecule has 0 fully saturated rings. The average molecular weight is 299 g/mol. The Morgan fingerprint density at radius 1 is 1.05 bits per heavy atom. The Hall–Kier alpha value is -0.870. The van der Waals surface area contributed by atoms with Gasteiger partial charge in [-0.25, -0.2) is 0 Å². The first kappa shape index (κ1) is 20.1. The molecule has 0 aliphatic heterocycles. The van der Waals surface area contributed by atoms with Crippen molar-refractivity contribution < 1.29 is 14.6 Å². The van der Waals surface area contributed by atoms with Gasteiger partial charge in [-0.3, -0.25) is 4.79 Å². The van der Waals surface area contributed by atoms with Crippen LogP contribution in [0.1, 0.15) is 64.7 Å². The molecule has 21 heavy (non-hydrogen) atoms. The number of rotatable bonds is 15. The number of unbranched alkanes of at least 4 members (excludes halogenated alkanes) is 6. The van der Waals surface area contributed by atoms with Crippen LogP contribution in [0.2, 0.25) is 0 Å². The number of hydrogen-bond donors (Lipinski definition) is 2. The number of nitrogens with one attached hydrogen (secondary N) is 1. The molecule has 0 aromatic rings. The third kappa shape index (κ3) is 17.1. The van der Waals surface area contributed by atoms with E-state index in [9.17, 15) is 4.79 Å². The van der Waals surface area contributed by atoms with Gasteiger partial charge >= 0.3 is 5.97 Å². The Morgan fingerprint density at radius 2 is 1.81 bits per heavy atom. The average Bonchev–Trinajstić information content (AvgIpc) is 2.49. The highest BCUT2D eigenvalue weighted by molar-refractivity contribution is 5.69. The van der Waals surface area contributed by atoms with Gasteiger partial charge in [0.15, 0.2) is 0 Å². The summed E-state index contributed by atoms with van der Waals surface area (Å²) in [6, 6.07) is 0. The summed E-state index contributed by atoms with van der Waals surface area (Å²) >= 11 is 0. The third-order valence-corrected chi connectivity index (χ3v) is 3.25. The normalized spacial score (nSPS) is 11.1. The van der Waals surface area contributed by atoms with Crippen molar-refractivity contribution in [1.82, 2.24) is 5.32 Å². The van der Waals surface area contributed by atoms with E-state index in [1.54, 1.807) is 0 Å². The fourth-order valence-electron chi connectivity index (χ4n) is 1.97. The first-order valence-corrected chi connectivity index (χ1v) is 8.43. The molecule has 0 amide bonds. The molecule has 0 aliphatic rings. The molecular weight excluding hydrogens is 266 g/mol. The second kappa shape index (κ2) is 17.2. The van der Waals surface area contributed by atoms with Crippen LogP contribution >= 0.6 is 0 Å². The summed E-state index contributed by atoms with van der Waals surface area (Å²) in [5, 5.41) is 11.8. The number of esters is 1. The first-order valence-electron chi connectivity index (χ1n) is 8.43. The van der Waals surface area contributed by atoms with Crippen molar-refractivity contribution in [3.05, 3.63) is 12.2 Å². The van der Waals surface area contributed by atoms with Crippen LogP contribution in [0.15, 0.2) is 12.2 Å². The number of carbonyl (C=O) groups is 1. The second-order valence-corrected chi connectivity index (χ2v) is 5.29. The zero-order valence-electron chi connectivity index (χ0n) is 13.6. The van der Waals surface area contributed by atoms with Crippen LogP contribution in [0.25, 0.3) is 0 Å². The van der Waals surface area contributed by atoms with E-state index in [-0.39, 0.29) is 12.6 Å². The molecule has 0 aromatic heterocycles. The van der Waals surface area contributed by atoms with Crippen LogP contribution in [-0.4, -0.2) is 37.4 Å². The lowest BCUT2D eigenvalue weighted by Crippen LogP contribution is -2.19. The maximum absolute atomic E-state index is 11.4. The molecule has 0 bridgehead atoms. The summed E-state index contributed by atoms with van der Waals surface area (Å²) in [4.78, 5) is 11.4. The summed E-state index contributed by atoms with van der Waals surface area (Å²) in [6.07, 6.45) is 13.5.